The Morgan fingerprint density at radius 3 is 2.48 bits per heavy atom. The molecule has 0 spiro atoms. The van der Waals surface area contributed by atoms with Crippen molar-refractivity contribution < 1.29 is 19.4 Å². The fraction of sp³-hybridized carbons (Fsp3) is 0.125. The van der Waals surface area contributed by atoms with Gasteiger partial charge in [-0.05, 0) is 29.8 Å². The molecule has 1 amide bonds. The first kappa shape index (κ1) is 14.6. The van der Waals surface area contributed by atoms with Crippen LogP contribution in [0.1, 0.15) is 22.8 Å². The number of hydrogen-bond donors (Lipinski definition) is 2. The molecule has 2 N–H and O–H groups in total. The van der Waals surface area contributed by atoms with Crippen molar-refractivity contribution in [2.24, 2.45) is 0 Å². The second-order valence-corrected chi connectivity index (χ2v) is 4.50. The molecule has 0 unspecified atom stereocenters. The minimum absolute atomic E-state index is 0.142. The Morgan fingerprint density at radius 1 is 1.14 bits per heavy atom. The van der Waals surface area contributed by atoms with Crippen molar-refractivity contribution in [1.82, 2.24) is 0 Å². The molecule has 0 fully saturated rings. The van der Waals surface area contributed by atoms with Gasteiger partial charge in [-0.3, -0.25) is 4.79 Å². The van der Waals surface area contributed by atoms with Gasteiger partial charge in [-0.25, -0.2) is 4.79 Å². The Morgan fingerprint density at radius 2 is 1.86 bits per heavy atom. The Bertz CT molecular complexity index is 650. The van der Waals surface area contributed by atoms with E-state index < -0.39 is 5.97 Å². The summed E-state index contributed by atoms with van der Waals surface area (Å²) in [5, 5.41) is 11.5. The van der Waals surface area contributed by atoms with Gasteiger partial charge in [0.25, 0.3) is 0 Å². The summed E-state index contributed by atoms with van der Waals surface area (Å²) in [6, 6.07) is 13.6. The van der Waals surface area contributed by atoms with Gasteiger partial charge in [0.1, 0.15) is 12.4 Å². The second kappa shape index (κ2) is 6.56. The molecule has 21 heavy (non-hydrogen) atoms. The molecule has 0 heterocycles. The molecule has 0 saturated carbocycles. The van der Waals surface area contributed by atoms with Gasteiger partial charge in [0.2, 0.25) is 5.91 Å². The van der Waals surface area contributed by atoms with E-state index in [1.54, 1.807) is 36.4 Å². The van der Waals surface area contributed by atoms with E-state index in [4.69, 9.17) is 9.84 Å². The van der Waals surface area contributed by atoms with Crippen LogP contribution in [0.4, 0.5) is 5.69 Å². The van der Waals surface area contributed by atoms with E-state index in [0.29, 0.717) is 18.0 Å². The van der Waals surface area contributed by atoms with E-state index in [0.717, 1.165) is 5.56 Å². The van der Waals surface area contributed by atoms with Gasteiger partial charge >= 0.3 is 5.97 Å². The lowest BCUT2D eigenvalue weighted by Gasteiger charge is -2.08. The average molecular weight is 285 g/mol. The van der Waals surface area contributed by atoms with Crippen molar-refractivity contribution in [3.05, 3.63) is 59.7 Å². The van der Waals surface area contributed by atoms with Crippen LogP contribution in [0.2, 0.25) is 0 Å². The SMILES string of the molecule is CC(=O)Nc1cccc(OCc2ccc(C(=O)O)cc2)c1. The smallest absolute Gasteiger partial charge is 0.335 e. The summed E-state index contributed by atoms with van der Waals surface area (Å²) in [5.41, 5.74) is 1.78. The van der Waals surface area contributed by atoms with Gasteiger partial charge in [0.15, 0.2) is 0 Å². The maximum atomic E-state index is 11.0. The maximum Gasteiger partial charge on any atom is 0.335 e. The molecular formula is C16H15NO4. The monoisotopic (exact) mass is 285 g/mol. The summed E-state index contributed by atoms with van der Waals surface area (Å²) < 4.78 is 5.62. The average Bonchev–Trinajstić information content (AvgIpc) is 2.45. The fourth-order valence-electron chi connectivity index (χ4n) is 1.78. The summed E-state index contributed by atoms with van der Waals surface area (Å²) in [6.45, 7) is 1.76. The number of carbonyl (C=O) groups excluding carboxylic acids is 1. The van der Waals surface area contributed by atoms with Crippen LogP contribution < -0.4 is 10.1 Å². The van der Waals surface area contributed by atoms with E-state index in [-0.39, 0.29) is 11.5 Å². The summed E-state index contributed by atoms with van der Waals surface area (Å²) in [7, 11) is 0. The first-order valence-electron chi connectivity index (χ1n) is 6.37. The molecule has 2 rings (SSSR count). The minimum atomic E-state index is -0.953. The number of aromatic carboxylic acids is 1. The van der Waals surface area contributed by atoms with Crippen molar-refractivity contribution in [3.8, 4) is 5.75 Å². The van der Waals surface area contributed by atoms with E-state index in [1.807, 2.05) is 0 Å². The van der Waals surface area contributed by atoms with Crippen LogP contribution in [0.15, 0.2) is 48.5 Å². The van der Waals surface area contributed by atoms with Crippen molar-refractivity contribution in [2.45, 2.75) is 13.5 Å². The molecule has 108 valence electrons. The lowest BCUT2D eigenvalue weighted by molar-refractivity contribution is -0.114. The summed E-state index contributed by atoms with van der Waals surface area (Å²) in [5.74, 6) is -0.467. The molecule has 0 aliphatic carbocycles. The largest absolute Gasteiger partial charge is 0.489 e. The van der Waals surface area contributed by atoms with Gasteiger partial charge in [-0.15, -0.1) is 0 Å². The summed E-state index contributed by atoms with van der Waals surface area (Å²) in [4.78, 5) is 21.7. The molecule has 0 saturated heterocycles. The number of carbonyl (C=O) groups is 2. The number of benzene rings is 2. The highest BCUT2D eigenvalue weighted by Gasteiger charge is 2.03. The molecule has 0 aliphatic rings. The molecule has 0 aromatic heterocycles. The Hall–Kier alpha value is -2.82. The third kappa shape index (κ3) is 4.35. The highest BCUT2D eigenvalue weighted by atomic mass is 16.5. The Kier molecular flexibility index (Phi) is 4.56. The van der Waals surface area contributed by atoms with Gasteiger partial charge in [-0.2, -0.15) is 0 Å². The zero-order valence-corrected chi connectivity index (χ0v) is 11.5. The highest BCUT2D eigenvalue weighted by molar-refractivity contribution is 5.88. The van der Waals surface area contributed by atoms with Crippen molar-refractivity contribution in [2.75, 3.05) is 5.32 Å². The number of hydrogen-bond acceptors (Lipinski definition) is 3. The van der Waals surface area contributed by atoms with E-state index in [1.165, 1.54) is 19.1 Å². The number of rotatable bonds is 5. The zero-order valence-electron chi connectivity index (χ0n) is 11.5. The molecule has 0 radical (unpaired) electrons. The topological polar surface area (TPSA) is 75.6 Å². The summed E-state index contributed by atoms with van der Waals surface area (Å²) in [6.07, 6.45) is 0. The molecule has 0 aliphatic heterocycles. The maximum absolute atomic E-state index is 11.0. The van der Waals surface area contributed by atoms with Crippen molar-refractivity contribution in [1.29, 1.82) is 0 Å². The molecular weight excluding hydrogens is 270 g/mol. The van der Waals surface area contributed by atoms with Gasteiger partial charge < -0.3 is 15.2 Å². The van der Waals surface area contributed by atoms with Crippen LogP contribution in [0.3, 0.4) is 0 Å². The fourth-order valence-corrected chi connectivity index (χ4v) is 1.78. The second-order valence-electron chi connectivity index (χ2n) is 4.50. The van der Waals surface area contributed by atoms with Crippen LogP contribution in [0.25, 0.3) is 0 Å². The quantitative estimate of drug-likeness (QED) is 0.885. The normalized spacial score (nSPS) is 9.95. The van der Waals surface area contributed by atoms with Gasteiger partial charge in [0, 0.05) is 18.7 Å². The highest BCUT2D eigenvalue weighted by Crippen LogP contribution is 2.18. The molecule has 5 nitrogen and oxygen atoms in total. The lowest BCUT2D eigenvalue weighted by atomic mass is 10.1. The molecule has 2 aromatic carbocycles. The third-order valence-corrected chi connectivity index (χ3v) is 2.76. The number of ether oxygens (including phenoxy) is 1. The minimum Gasteiger partial charge on any atom is -0.489 e. The predicted molar refractivity (Wildman–Crippen MR) is 78.5 cm³/mol. The third-order valence-electron chi connectivity index (χ3n) is 2.76. The van der Waals surface area contributed by atoms with E-state index in [9.17, 15) is 9.59 Å². The number of amides is 1. The summed E-state index contributed by atoms with van der Waals surface area (Å²) >= 11 is 0. The number of carboxylic acid groups (broad SMARTS) is 1. The number of carboxylic acids is 1. The first-order valence-corrected chi connectivity index (χ1v) is 6.37. The molecule has 2 aromatic rings. The molecule has 0 bridgehead atoms. The van der Waals surface area contributed by atoms with Crippen molar-refractivity contribution in [3.63, 3.8) is 0 Å². The van der Waals surface area contributed by atoms with Crippen LogP contribution in [0.5, 0.6) is 5.75 Å². The van der Waals surface area contributed by atoms with Crippen molar-refractivity contribution >= 4 is 17.6 Å². The molecule has 5 heteroatoms. The zero-order chi connectivity index (χ0) is 15.2. The standard InChI is InChI=1S/C16H15NO4/c1-11(18)17-14-3-2-4-15(9-14)21-10-12-5-7-13(8-6-12)16(19)20/h2-9H,10H2,1H3,(H,17,18)(H,19,20). The number of anilines is 1. The van der Waals surface area contributed by atoms with Gasteiger partial charge in [-0.1, -0.05) is 18.2 Å². The van der Waals surface area contributed by atoms with Crippen LogP contribution in [-0.4, -0.2) is 17.0 Å². The number of nitrogens with one attached hydrogen (secondary N) is 1. The van der Waals surface area contributed by atoms with Crippen LogP contribution in [-0.2, 0) is 11.4 Å². The van der Waals surface area contributed by atoms with Crippen LogP contribution >= 0.6 is 0 Å². The molecule has 0 atom stereocenters. The first-order chi connectivity index (χ1) is 10.0. The Balaban J connectivity index is 1.99. The van der Waals surface area contributed by atoms with E-state index in [2.05, 4.69) is 5.32 Å². The van der Waals surface area contributed by atoms with Gasteiger partial charge in [0.05, 0.1) is 5.56 Å². The van der Waals surface area contributed by atoms with Crippen LogP contribution in [0, 0.1) is 0 Å². The Labute approximate surface area is 122 Å². The predicted octanol–water partition coefficient (Wildman–Crippen LogP) is 2.92. The van der Waals surface area contributed by atoms with E-state index >= 15 is 0 Å². The lowest BCUT2D eigenvalue weighted by Crippen LogP contribution is -2.05.